The van der Waals surface area contributed by atoms with Gasteiger partial charge >= 0.3 is 0 Å². The Morgan fingerprint density at radius 2 is 2.22 bits per heavy atom. The van der Waals surface area contributed by atoms with Crippen LogP contribution in [0.4, 0.5) is 0 Å². The summed E-state index contributed by atoms with van der Waals surface area (Å²) in [6.07, 6.45) is 1.71. The van der Waals surface area contributed by atoms with Gasteiger partial charge in [-0.25, -0.2) is 4.99 Å². The standard InChI is InChI=1S/C6H12N2O/c1-4-6(7)8-5(2)9-3/h4H,7H2,1-3H3/b6-4-,8-5?. The van der Waals surface area contributed by atoms with Crippen molar-refractivity contribution >= 4 is 5.90 Å². The molecule has 52 valence electrons. The molecule has 0 spiro atoms. The van der Waals surface area contributed by atoms with Gasteiger partial charge in [0.05, 0.1) is 7.11 Å². The average Bonchev–Trinajstić information content (AvgIpc) is 1.87. The van der Waals surface area contributed by atoms with Crippen LogP contribution in [0.15, 0.2) is 16.9 Å². The lowest BCUT2D eigenvalue weighted by atomic mass is 10.6. The van der Waals surface area contributed by atoms with Crippen LogP contribution >= 0.6 is 0 Å². The highest BCUT2D eigenvalue weighted by molar-refractivity contribution is 5.73. The van der Waals surface area contributed by atoms with E-state index < -0.39 is 0 Å². The Morgan fingerprint density at radius 1 is 1.67 bits per heavy atom. The molecule has 0 bridgehead atoms. The van der Waals surface area contributed by atoms with Crippen LogP contribution in [0.25, 0.3) is 0 Å². The van der Waals surface area contributed by atoms with Crippen LogP contribution in [0.2, 0.25) is 0 Å². The first kappa shape index (κ1) is 8.01. The Balaban J connectivity index is 3.95. The second-order valence-electron chi connectivity index (χ2n) is 1.55. The van der Waals surface area contributed by atoms with Crippen LogP contribution < -0.4 is 5.73 Å². The Labute approximate surface area is 55.2 Å². The lowest BCUT2D eigenvalue weighted by molar-refractivity contribution is 0.399. The smallest absolute Gasteiger partial charge is 0.186 e. The summed E-state index contributed by atoms with van der Waals surface area (Å²) in [7, 11) is 1.56. The largest absolute Gasteiger partial charge is 0.484 e. The first-order valence-corrected chi connectivity index (χ1v) is 2.71. The molecule has 0 rings (SSSR count). The fourth-order valence-corrected chi connectivity index (χ4v) is 0.292. The molecule has 0 saturated carbocycles. The van der Waals surface area contributed by atoms with Crippen molar-refractivity contribution in [3.05, 3.63) is 11.9 Å². The number of methoxy groups -OCH3 is 1. The topological polar surface area (TPSA) is 47.6 Å². The molecule has 0 unspecified atom stereocenters. The van der Waals surface area contributed by atoms with E-state index in [0.717, 1.165) is 0 Å². The Bertz CT molecular complexity index is 138. The molecule has 0 heterocycles. The summed E-state index contributed by atoms with van der Waals surface area (Å²) in [6.45, 7) is 3.57. The van der Waals surface area contributed by atoms with E-state index in [1.165, 1.54) is 0 Å². The van der Waals surface area contributed by atoms with Gasteiger partial charge in [0.1, 0.15) is 5.82 Å². The monoisotopic (exact) mass is 128 g/mol. The maximum absolute atomic E-state index is 5.34. The van der Waals surface area contributed by atoms with Gasteiger partial charge in [0.15, 0.2) is 5.90 Å². The number of hydrogen-bond donors (Lipinski definition) is 1. The zero-order chi connectivity index (χ0) is 7.28. The van der Waals surface area contributed by atoms with Crippen LogP contribution in [-0.4, -0.2) is 13.0 Å². The van der Waals surface area contributed by atoms with Gasteiger partial charge in [-0.3, -0.25) is 0 Å². The summed E-state index contributed by atoms with van der Waals surface area (Å²) >= 11 is 0. The fraction of sp³-hybridized carbons (Fsp3) is 0.500. The van der Waals surface area contributed by atoms with Gasteiger partial charge in [0, 0.05) is 6.92 Å². The average molecular weight is 128 g/mol. The van der Waals surface area contributed by atoms with Crippen molar-refractivity contribution in [2.75, 3.05) is 7.11 Å². The van der Waals surface area contributed by atoms with E-state index in [9.17, 15) is 0 Å². The number of allylic oxidation sites excluding steroid dienone is 1. The summed E-state index contributed by atoms with van der Waals surface area (Å²) in [4.78, 5) is 3.85. The highest BCUT2D eigenvalue weighted by Crippen LogP contribution is 1.86. The van der Waals surface area contributed by atoms with Crippen molar-refractivity contribution in [3.63, 3.8) is 0 Å². The van der Waals surface area contributed by atoms with Crippen molar-refractivity contribution < 1.29 is 4.74 Å². The predicted octanol–water partition coefficient (Wildman–Crippen LogP) is 0.871. The summed E-state index contributed by atoms with van der Waals surface area (Å²) in [5.41, 5.74) is 5.34. The van der Waals surface area contributed by atoms with Gasteiger partial charge in [0.2, 0.25) is 0 Å². The molecule has 0 aromatic heterocycles. The Kier molecular flexibility index (Phi) is 3.51. The number of ether oxygens (including phenoxy) is 1. The van der Waals surface area contributed by atoms with E-state index in [0.29, 0.717) is 11.7 Å². The molecule has 0 saturated heterocycles. The molecule has 9 heavy (non-hydrogen) atoms. The second-order valence-corrected chi connectivity index (χ2v) is 1.55. The highest BCUT2D eigenvalue weighted by Gasteiger charge is 1.84. The maximum Gasteiger partial charge on any atom is 0.186 e. The zero-order valence-electron chi connectivity index (χ0n) is 6.01. The molecule has 0 fully saturated rings. The minimum Gasteiger partial charge on any atom is -0.484 e. The highest BCUT2D eigenvalue weighted by atomic mass is 16.5. The molecule has 2 N–H and O–H groups in total. The van der Waals surface area contributed by atoms with Crippen LogP contribution in [0.5, 0.6) is 0 Å². The van der Waals surface area contributed by atoms with Crippen molar-refractivity contribution in [2.45, 2.75) is 13.8 Å². The van der Waals surface area contributed by atoms with Gasteiger partial charge in [-0.2, -0.15) is 0 Å². The van der Waals surface area contributed by atoms with Gasteiger partial charge in [-0.15, -0.1) is 0 Å². The van der Waals surface area contributed by atoms with E-state index >= 15 is 0 Å². The van der Waals surface area contributed by atoms with Crippen LogP contribution in [0, 0.1) is 0 Å². The van der Waals surface area contributed by atoms with Crippen molar-refractivity contribution in [2.24, 2.45) is 10.7 Å². The van der Waals surface area contributed by atoms with Gasteiger partial charge in [-0.05, 0) is 13.0 Å². The third kappa shape index (κ3) is 3.58. The lowest BCUT2D eigenvalue weighted by Gasteiger charge is -1.95. The van der Waals surface area contributed by atoms with Crippen molar-refractivity contribution in [1.82, 2.24) is 0 Å². The molecule has 3 nitrogen and oxygen atoms in total. The molecule has 3 heteroatoms. The van der Waals surface area contributed by atoms with Gasteiger partial charge in [-0.1, -0.05) is 0 Å². The normalized spacial score (nSPS) is 13.7. The number of nitrogens with zero attached hydrogens (tertiary/aromatic N) is 1. The van der Waals surface area contributed by atoms with E-state index in [1.807, 2.05) is 6.92 Å². The second kappa shape index (κ2) is 3.95. The molecule has 0 atom stereocenters. The van der Waals surface area contributed by atoms with Gasteiger partial charge < -0.3 is 10.5 Å². The quantitative estimate of drug-likeness (QED) is 0.420. The van der Waals surface area contributed by atoms with E-state index in [-0.39, 0.29) is 0 Å². The fourth-order valence-electron chi connectivity index (χ4n) is 0.292. The van der Waals surface area contributed by atoms with Crippen LogP contribution in [-0.2, 0) is 4.74 Å². The third-order valence-corrected chi connectivity index (χ3v) is 0.878. The minimum absolute atomic E-state index is 0.481. The number of rotatable bonds is 1. The summed E-state index contributed by atoms with van der Waals surface area (Å²) < 4.78 is 4.75. The maximum atomic E-state index is 5.34. The van der Waals surface area contributed by atoms with Crippen LogP contribution in [0.1, 0.15) is 13.8 Å². The van der Waals surface area contributed by atoms with E-state index in [2.05, 4.69) is 4.99 Å². The molecule has 0 aliphatic heterocycles. The van der Waals surface area contributed by atoms with Crippen molar-refractivity contribution in [1.29, 1.82) is 0 Å². The lowest BCUT2D eigenvalue weighted by Crippen LogP contribution is -1.99. The SMILES string of the molecule is C/C=C(/N)N=C(C)OC. The number of nitrogens with two attached hydrogens (primary N) is 1. The Morgan fingerprint density at radius 3 is 2.56 bits per heavy atom. The predicted molar refractivity (Wildman–Crippen MR) is 38.1 cm³/mol. The molecular formula is C6H12N2O. The van der Waals surface area contributed by atoms with Crippen LogP contribution in [0.3, 0.4) is 0 Å². The molecule has 0 aliphatic rings. The molecule has 0 amide bonds. The Hall–Kier alpha value is -0.990. The summed E-state index contributed by atoms with van der Waals surface area (Å²) in [5.74, 6) is 1.06. The first-order valence-electron chi connectivity index (χ1n) is 2.71. The molecule has 0 aromatic rings. The minimum atomic E-state index is 0.481. The molecule has 0 aliphatic carbocycles. The van der Waals surface area contributed by atoms with Crippen molar-refractivity contribution in [3.8, 4) is 0 Å². The molecule has 0 aromatic carbocycles. The summed E-state index contributed by atoms with van der Waals surface area (Å²) in [5, 5.41) is 0. The molecule has 0 radical (unpaired) electrons. The number of hydrogen-bond acceptors (Lipinski definition) is 3. The van der Waals surface area contributed by atoms with E-state index in [4.69, 9.17) is 10.5 Å². The first-order chi connectivity index (χ1) is 4.20. The third-order valence-electron chi connectivity index (χ3n) is 0.878. The molecular weight excluding hydrogens is 116 g/mol. The van der Waals surface area contributed by atoms with E-state index in [1.54, 1.807) is 20.1 Å². The zero-order valence-corrected chi connectivity index (χ0v) is 6.01. The van der Waals surface area contributed by atoms with Gasteiger partial charge in [0.25, 0.3) is 0 Å². The summed E-state index contributed by atoms with van der Waals surface area (Å²) in [6, 6.07) is 0. The number of aliphatic imine (C=N–C) groups is 1.